The average molecular weight is 312 g/mol. The molecule has 3 fully saturated rings. The van der Waals surface area contributed by atoms with Gasteiger partial charge >= 0.3 is 0 Å². The zero-order valence-corrected chi connectivity index (χ0v) is 13.5. The maximum absolute atomic E-state index is 12.5. The molecule has 1 saturated carbocycles. The van der Waals surface area contributed by atoms with Crippen molar-refractivity contribution in [2.24, 2.45) is 17.8 Å². The molecule has 0 radical (unpaired) electrons. The third-order valence-electron chi connectivity index (χ3n) is 5.80. The first-order valence-electron chi connectivity index (χ1n) is 8.81. The Morgan fingerprint density at radius 3 is 2.48 bits per heavy atom. The number of likely N-dealkylation sites (tertiary alicyclic amines) is 2. The molecule has 4 nitrogen and oxygen atoms in total. The van der Waals surface area contributed by atoms with Crippen LogP contribution in [0.2, 0.25) is 0 Å². The topological polar surface area (TPSA) is 40.6 Å². The lowest BCUT2D eigenvalue weighted by Gasteiger charge is -2.34. The van der Waals surface area contributed by atoms with Crippen molar-refractivity contribution < 1.29 is 9.59 Å². The molecule has 3 aliphatic rings. The lowest BCUT2D eigenvalue weighted by molar-refractivity contribution is -0.138. The van der Waals surface area contributed by atoms with Crippen molar-refractivity contribution in [2.75, 3.05) is 19.6 Å². The number of hydrogen-bond acceptors (Lipinski definition) is 2. The second-order valence-corrected chi connectivity index (χ2v) is 7.36. The van der Waals surface area contributed by atoms with Crippen LogP contribution < -0.4 is 0 Å². The smallest absolute Gasteiger partial charge is 0.225 e. The van der Waals surface area contributed by atoms with Crippen molar-refractivity contribution in [3.63, 3.8) is 0 Å². The molecule has 0 unspecified atom stereocenters. The Bertz CT molecular complexity index is 597. The molecule has 1 aromatic carbocycles. The van der Waals surface area contributed by atoms with Crippen LogP contribution in [0.25, 0.3) is 0 Å². The summed E-state index contributed by atoms with van der Waals surface area (Å²) < 4.78 is 0. The molecule has 4 rings (SSSR count). The van der Waals surface area contributed by atoms with Gasteiger partial charge in [-0.2, -0.15) is 0 Å². The molecule has 2 saturated heterocycles. The molecule has 2 amide bonds. The van der Waals surface area contributed by atoms with Gasteiger partial charge in [0.1, 0.15) is 0 Å². The Morgan fingerprint density at radius 2 is 1.78 bits per heavy atom. The standard InChI is InChI=1S/C19H24N2O2/c22-18-9-16-11-21(19(23)15-7-4-8-15)13-17(16)12-20(18)10-14-5-2-1-3-6-14/h1-3,5-6,15-17H,4,7-13H2/t16-,17+/m0/s1. The largest absolute Gasteiger partial charge is 0.342 e. The first-order valence-corrected chi connectivity index (χ1v) is 8.81. The highest BCUT2D eigenvalue weighted by Gasteiger charge is 2.43. The molecule has 2 aliphatic heterocycles. The number of rotatable bonds is 3. The SMILES string of the molecule is O=C1C[C@H]2CN(C(=O)C3CCC3)C[C@H]2CN1Cc1ccccc1. The van der Waals surface area contributed by atoms with Crippen molar-refractivity contribution in [1.82, 2.24) is 9.80 Å². The fourth-order valence-electron chi connectivity index (χ4n) is 4.17. The Kier molecular flexibility index (Phi) is 3.83. The van der Waals surface area contributed by atoms with E-state index in [2.05, 4.69) is 12.1 Å². The predicted molar refractivity (Wildman–Crippen MR) is 87.4 cm³/mol. The van der Waals surface area contributed by atoms with Crippen LogP contribution in [0.15, 0.2) is 30.3 Å². The summed E-state index contributed by atoms with van der Waals surface area (Å²) in [6.07, 6.45) is 3.92. The Balaban J connectivity index is 1.40. The van der Waals surface area contributed by atoms with Gasteiger partial charge in [-0.1, -0.05) is 36.8 Å². The van der Waals surface area contributed by atoms with Gasteiger partial charge in [0, 0.05) is 38.5 Å². The summed E-state index contributed by atoms with van der Waals surface area (Å²) in [5.74, 6) is 1.69. The maximum Gasteiger partial charge on any atom is 0.225 e. The normalized spacial score (nSPS) is 27.7. The van der Waals surface area contributed by atoms with Crippen LogP contribution in [0, 0.1) is 17.8 Å². The van der Waals surface area contributed by atoms with E-state index in [0.29, 0.717) is 30.7 Å². The Morgan fingerprint density at radius 1 is 1.04 bits per heavy atom. The quantitative estimate of drug-likeness (QED) is 0.859. The highest BCUT2D eigenvalue weighted by molar-refractivity contribution is 5.81. The summed E-state index contributed by atoms with van der Waals surface area (Å²) >= 11 is 0. The van der Waals surface area contributed by atoms with E-state index in [4.69, 9.17) is 0 Å². The van der Waals surface area contributed by atoms with Gasteiger partial charge in [0.2, 0.25) is 11.8 Å². The monoisotopic (exact) mass is 312 g/mol. The fraction of sp³-hybridized carbons (Fsp3) is 0.579. The lowest BCUT2D eigenvalue weighted by Crippen LogP contribution is -2.43. The van der Waals surface area contributed by atoms with Crippen LogP contribution in [0.1, 0.15) is 31.2 Å². The zero-order chi connectivity index (χ0) is 15.8. The van der Waals surface area contributed by atoms with Crippen LogP contribution >= 0.6 is 0 Å². The third kappa shape index (κ3) is 2.87. The van der Waals surface area contributed by atoms with Gasteiger partial charge in [-0.3, -0.25) is 9.59 Å². The Hall–Kier alpha value is -1.84. The molecule has 0 N–H and O–H groups in total. The highest BCUT2D eigenvalue weighted by Crippen LogP contribution is 2.36. The van der Waals surface area contributed by atoms with Gasteiger partial charge < -0.3 is 9.80 Å². The minimum atomic E-state index is 0.244. The van der Waals surface area contributed by atoms with E-state index >= 15 is 0 Å². The molecule has 4 heteroatoms. The van der Waals surface area contributed by atoms with Gasteiger partial charge in [0.25, 0.3) is 0 Å². The van der Waals surface area contributed by atoms with E-state index in [1.807, 2.05) is 28.0 Å². The Labute approximate surface area is 137 Å². The molecular formula is C19H24N2O2. The predicted octanol–water partition coefficient (Wildman–Crippen LogP) is 2.29. The zero-order valence-electron chi connectivity index (χ0n) is 13.5. The minimum absolute atomic E-state index is 0.244. The lowest BCUT2D eigenvalue weighted by atomic mass is 9.84. The van der Waals surface area contributed by atoms with E-state index in [1.54, 1.807) is 0 Å². The van der Waals surface area contributed by atoms with Gasteiger partial charge in [-0.05, 0) is 30.2 Å². The van der Waals surface area contributed by atoms with Crippen LogP contribution in [0.4, 0.5) is 0 Å². The summed E-state index contributed by atoms with van der Waals surface area (Å²) in [6, 6.07) is 10.2. The van der Waals surface area contributed by atoms with Crippen LogP contribution in [-0.4, -0.2) is 41.2 Å². The second-order valence-electron chi connectivity index (χ2n) is 7.36. The van der Waals surface area contributed by atoms with E-state index in [0.717, 1.165) is 32.5 Å². The molecule has 1 aromatic rings. The summed E-state index contributed by atoms with van der Waals surface area (Å²) in [6.45, 7) is 3.13. The number of benzene rings is 1. The number of nitrogens with zero attached hydrogens (tertiary/aromatic N) is 2. The molecule has 2 atom stereocenters. The maximum atomic E-state index is 12.5. The van der Waals surface area contributed by atoms with Gasteiger partial charge in [0.05, 0.1) is 0 Å². The number of hydrogen-bond donors (Lipinski definition) is 0. The molecule has 23 heavy (non-hydrogen) atoms. The number of carbonyl (C=O) groups is 2. The van der Waals surface area contributed by atoms with E-state index in [9.17, 15) is 9.59 Å². The van der Waals surface area contributed by atoms with Crippen LogP contribution in [-0.2, 0) is 16.1 Å². The van der Waals surface area contributed by atoms with Crippen molar-refractivity contribution in [3.05, 3.63) is 35.9 Å². The molecular weight excluding hydrogens is 288 g/mol. The van der Waals surface area contributed by atoms with E-state index in [-0.39, 0.29) is 11.8 Å². The molecule has 0 aromatic heterocycles. The molecule has 122 valence electrons. The summed E-state index contributed by atoms with van der Waals surface area (Å²) in [7, 11) is 0. The number of fused-ring (bicyclic) bond motifs is 1. The highest BCUT2D eigenvalue weighted by atomic mass is 16.2. The first-order chi connectivity index (χ1) is 11.2. The number of carbonyl (C=O) groups excluding carboxylic acids is 2. The summed E-state index contributed by atoms with van der Waals surface area (Å²) in [5.41, 5.74) is 1.18. The number of piperidine rings is 1. The second kappa shape index (κ2) is 5.99. The van der Waals surface area contributed by atoms with Crippen molar-refractivity contribution in [2.45, 2.75) is 32.2 Å². The van der Waals surface area contributed by atoms with Crippen LogP contribution in [0.3, 0.4) is 0 Å². The van der Waals surface area contributed by atoms with E-state index < -0.39 is 0 Å². The number of amides is 2. The van der Waals surface area contributed by atoms with Crippen molar-refractivity contribution >= 4 is 11.8 Å². The van der Waals surface area contributed by atoms with Crippen molar-refractivity contribution in [1.29, 1.82) is 0 Å². The first kappa shape index (κ1) is 14.7. The van der Waals surface area contributed by atoms with Gasteiger partial charge in [-0.25, -0.2) is 0 Å². The van der Waals surface area contributed by atoms with Gasteiger partial charge in [0.15, 0.2) is 0 Å². The van der Waals surface area contributed by atoms with E-state index in [1.165, 1.54) is 12.0 Å². The third-order valence-corrected chi connectivity index (χ3v) is 5.80. The van der Waals surface area contributed by atoms with Crippen molar-refractivity contribution in [3.8, 4) is 0 Å². The van der Waals surface area contributed by atoms with Gasteiger partial charge in [-0.15, -0.1) is 0 Å². The fourth-order valence-corrected chi connectivity index (χ4v) is 4.17. The average Bonchev–Trinajstić information content (AvgIpc) is 2.90. The molecule has 0 bridgehead atoms. The molecule has 2 heterocycles. The summed E-state index contributed by atoms with van der Waals surface area (Å²) in [5, 5.41) is 0. The summed E-state index contributed by atoms with van der Waals surface area (Å²) in [4.78, 5) is 28.9. The van der Waals surface area contributed by atoms with Crippen LogP contribution in [0.5, 0.6) is 0 Å². The minimum Gasteiger partial charge on any atom is -0.342 e. The molecule has 0 spiro atoms. The molecule has 1 aliphatic carbocycles.